The van der Waals surface area contributed by atoms with E-state index in [1.54, 1.807) is 28.7 Å². The summed E-state index contributed by atoms with van der Waals surface area (Å²) in [5.74, 6) is 0.289. The Balaban J connectivity index is 1.67. The van der Waals surface area contributed by atoms with Crippen LogP contribution in [-0.2, 0) is 9.53 Å². The molecular weight excluding hydrogens is 418 g/mol. The normalized spacial score (nSPS) is 15.5. The molecule has 0 N–H and O–H groups in total. The summed E-state index contributed by atoms with van der Waals surface area (Å²) in [5, 5.41) is 9.70. The Morgan fingerprint density at radius 1 is 1.09 bits per heavy atom. The fraction of sp³-hybridized carbons (Fsp3) is 0.269. The molecule has 1 amide bonds. The zero-order valence-corrected chi connectivity index (χ0v) is 18.4. The Labute approximate surface area is 192 Å². The predicted octanol–water partition coefficient (Wildman–Crippen LogP) is 4.56. The number of carbonyl (C=O) groups excluding carboxylic acids is 2. The quantitative estimate of drug-likeness (QED) is 0.522. The van der Waals surface area contributed by atoms with Crippen LogP contribution in [0.1, 0.15) is 35.8 Å². The number of amides is 1. The zero-order chi connectivity index (χ0) is 23.2. The van der Waals surface area contributed by atoms with Gasteiger partial charge in [0.1, 0.15) is 17.5 Å². The first-order chi connectivity index (χ1) is 16.1. The van der Waals surface area contributed by atoms with Gasteiger partial charge in [-0.2, -0.15) is 5.26 Å². The van der Waals surface area contributed by atoms with Crippen molar-refractivity contribution >= 4 is 11.9 Å². The second-order valence-electron chi connectivity index (χ2n) is 7.79. The van der Waals surface area contributed by atoms with Gasteiger partial charge >= 0.3 is 5.97 Å². The standard InChI is InChI=1S/C26H25N3O4/c1-2-32-26(31)20-9-8-15-28(18-20)25(30)24-19(17-27)14-16-29(24)22-12-6-7-13-23(22)33-21-10-4-3-5-11-21/h3-7,10-14,16,20H,2,8-9,15,18H2,1H3. The van der Waals surface area contributed by atoms with Crippen LogP contribution >= 0.6 is 0 Å². The molecule has 0 radical (unpaired) electrons. The summed E-state index contributed by atoms with van der Waals surface area (Å²) in [5.41, 5.74) is 1.17. The number of ether oxygens (including phenoxy) is 2. The number of carbonyl (C=O) groups is 2. The number of para-hydroxylation sites is 3. The second kappa shape index (κ2) is 10.0. The molecule has 1 atom stereocenters. The van der Waals surface area contributed by atoms with Crippen LogP contribution in [0.15, 0.2) is 66.9 Å². The topological polar surface area (TPSA) is 84.6 Å². The van der Waals surface area contributed by atoms with E-state index in [9.17, 15) is 14.9 Å². The van der Waals surface area contributed by atoms with Crippen molar-refractivity contribution in [1.29, 1.82) is 5.26 Å². The number of nitrogens with zero attached hydrogens (tertiary/aromatic N) is 3. The van der Waals surface area contributed by atoms with Gasteiger partial charge in [-0.05, 0) is 50.1 Å². The Bertz CT molecular complexity index is 1180. The van der Waals surface area contributed by atoms with Crippen molar-refractivity contribution in [2.24, 2.45) is 5.92 Å². The second-order valence-corrected chi connectivity index (χ2v) is 7.79. The highest BCUT2D eigenvalue weighted by Crippen LogP contribution is 2.31. The number of hydrogen-bond acceptors (Lipinski definition) is 5. The van der Waals surface area contributed by atoms with Crippen molar-refractivity contribution in [2.45, 2.75) is 19.8 Å². The Hall–Kier alpha value is -4.05. The number of rotatable bonds is 6. The van der Waals surface area contributed by atoms with Crippen molar-refractivity contribution in [3.63, 3.8) is 0 Å². The van der Waals surface area contributed by atoms with Gasteiger partial charge in [0.15, 0.2) is 5.75 Å². The average Bonchev–Trinajstić information content (AvgIpc) is 3.29. The smallest absolute Gasteiger partial charge is 0.310 e. The molecule has 7 nitrogen and oxygen atoms in total. The Morgan fingerprint density at radius 2 is 1.85 bits per heavy atom. The summed E-state index contributed by atoms with van der Waals surface area (Å²) < 4.78 is 12.9. The molecule has 1 unspecified atom stereocenters. The molecule has 1 fully saturated rings. The third-order valence-corrected chi connectivity index (χ3v) is 5.63. The molecule has 168 valence electrons. The molecule has 33 heavy (non-hydrogen) atoms. The summed E-state index contributed by atoms with van der Waals surface area (Å²) in [7, 11) is 0. The fourth-order valence-electron chi connectivity index (χ4n) is 4.06. The molecule has 0 bridgehead atoms. The molecule has 7 heteroatoms. The number of benzene rings is 2. The van der Waals surface area contributed by atoms with Crippen LogP contribution in [0, 0.1) is 17.2 Å². The molecule has 1 aromatic heterocycles. The van der Waals surface area contributed by atoms with Gasteiger partial charge in [0.05, 0.1) is 23.8 Å². The summed E-state index contributed by atoms with van der Waals surface area (Å²) >= 11 is 0. The number of aromatic nitrogens is 1. The summed E-state index contributed by atoms with van der Waals surface area (Å²) in [6.07, 6.45) is 3.08. The van der Waals surface area contributed by atoms with Gasteiger partial charge in [-0.1, -0.05) is 30.3 Å². The van der Waals surface area contributed by atoms with Crippen LogP contribution in [0.4, 0.5) is 0 Å². The molecule has 2 aromatic carbocycles. The van der Waals surface area contributed by atoms with Gasteiger partial charge in [0.25, 0.3) is 5.91 Å². The molecular formula is C26H25N3O4. The number of piperidine rings is 1. The highest BCUT2D eigenvalue weighted by atomic mass is 16.5. The lowest BCUT2D eigenvalue weighted by Gasteiger charge is -2.32. The maximum absolute atomic E-state index is 13.6. The maximum atomic E-state index is 13.6. The lowest BCUT2D eigenvalue weighted by atomic mass is 9.97. The van der Waals surface area contributed by atoms with Gasteiger partial charge in [-0.15, -0.1) is 0 Å². The number of nitriles is 1. The summed E-state index contributed by atoms with van der Waals surface area (Å²) in [6.45, 7) is 2.87. The first-order valence-electron chi connectivity index (χ1n) is 11.0. The molecule has 0 spiro atoms. The van der Waals surface area contributed by atoms with Crippen LogP contribution < -0.4 is 4.74 Å². The van der Waals surface area contributed by atoms with E-state index in [0.717, 1.165) is 0 Å². The molecule has 3 aromatic rings. The minimum Gasteiger partial charge on any atom is -0.466 e. The van der Waals surface area contributed by atoms with E-state index in [1.807, 2.05) is 54.6 Å². The lowest BCUT2D eigenvalue weighted by molar-refractivity contribution is -0.149. The minimum absolute atomic E-state index is 0.256. The number of likely N-dealkylation sites (tertiary alicyclic amines) is 1. The number of hydrogen-bond donors (Lipinski definition) is 0. The Kier molecular flexibility index (Phi) is 6.75. The highest BCUT2D eigenvalue weighted by Gasteiger charge is 2.32. The monoisotopic (exact) mass is 443 g/mol. The average molecular weight is 444 g/mol. The van der Waals surface area contributed by atoms with Gasteiger partial charge in [0.2, 0.25) is 0 Å². The maximum Gasteiger partial charge on any atom is 0.310 e. The van der Waals surface area contributed by atoms with Crippen molar-refractivity contribution < 1.29 is 19.1 Å². The molecule has 0 aliphatic carbocycles. The third kappa shape index (κ3) is 4.75. The van der Waals surface area contributed by atoms with Crippen molar-refractivity contribution in [1.82, 2.24) is 9.47 Å². The van der Waals surface area contributed by atoms with Crippen molar-refractivity contribution in [3.8, 4) is 23.3 Å². The summed E-state index contributed by atoms with van der Waals surface area (Å²) in [6, 6.07) is 20.5. The van der Waals surface area contributed by atoms with Gasteiger partial charge < -0.3 is 18.9 Å². The van der Waals surface area contributed by atoms with Crippen LogP contribution in [0.3, 0.4) is 0 Å². The first-order valence-corrected chi connectivity index (χ1v) is 11.0. The van der Waals surface area contributed by atoms with Gasteiger partial charge in [-0.3, -0.25) is 9.59 Å². The van der Waals surface area contributed by atoms with E-state index in [0.29, 0.717) is 43.2 Å². The van der Waals surface area contributed by atoms with Gasteiger partial charge in [-0.25, -0.2) is 0 Å². The van der Waals surface area contributed by atoms with Crippen LogP contribution in [-0.4, -0.2) is 41.0 Å². The lowest BCUT2D eigenvalue weighted by Crippen LogP contribution is -2.43. The SMILES string of the molecule is CCOC(=O)C1CCCN(C(=O)c2c(C#N)ccn2-c2ccccc2Oc2ccccc2)C1. The number of esters is 1. The molecule has 1 saturated heterocycles. The third-order valence-electron chi connectivity index (χ3n) is 5.63. The Morgan fingerprint density at radius 3 is 2.61 bits per heavy atom. The largest absolute Gasteiger partial charge is 0.466 e. The van der Waals surface area contributed by atoms with E-state index in [4.69, 9.17) is 9.47 Å². The van der Waals surface area contributed by atoms with Crippen molar-refractivity contribution in [2.75, 3.05) is 19.7 Å². The molecule has 2 heterocycles. The van der Waals surface area contributed by atoms with Gasteiger partial charge in [0, 0.05) is 19.3 Å². The van der Waals surface area contributed by atoms with E-state index < -0.39 is 0 Å². The molecule has 1 aliphatic heterocycles. The van der Waals surface area contributed by atoms with E-state index in [1.165, 1.54) is 0 Å². The van der Waals surface area contributed by atoms with Crippen LogP contribution in [0.25, 0.3) is 5.69 Å². The zero-order valence-electron chi connectivity index (χ0n) is 18.4. The van der Waals surface area contributed by atoms with Crippen molar-refractivity contribution in [3.05, 3.63) is 78.1 Å². The van der Waals surface area contributed by atoms with Crippen LogP contribution in [0.2, 0.25) is 0 Å². The predicted molar refractivity (Wildman–Crippen MR) is 122 cm³/mol. The molecule has 1 aliphatic rings. The first kappa shape index (κ1) is 22.2. The minimum atomic E-state index is -0.356. The fourth-order valence-corrected chi connectivity index (χ4v) is 4.06. The highest BCUT2D eigenvalue weighted by molar-refractivity contribution is 5.96. The molecule has 4 rings (SSSR count). The van der Waals surface area contributed by atoms with E-state index in [-0.39, 0.29) is 35.6 Å². The molecule has 0 saturated carbocycles. The van der Waals surface area contributed by atoms with E-state index in [2.05, 4.69) is 6.07 Å². The van der Waals surface area contributed by atoms with E-state index >= 15 is 0 Å². The summed E-state index contributed by atoms with van der Waals surface area (Å²) in [4.78, 5) is 27.5. The van der Waals surface area contributed by atoms with Crippen LogP contribution in [0.5, 0.6) is 11.5 Å².